The Morgan fingerprint density at radius 2 is 2.00 bits per heavy atom. The van der Waals surface area contributed by atoms with Crippen LogP contribution in [0.15, 0.2) is 18.2 Å². The van der Waals surface area contributed by atoms with Crippen LogP contribution < -0.4 is 5.73 Å². The molecule has 14 heavy (non-hydrogen) atoms. The summed E-state index contributed by atoms with van der Waals surface area (Å²) in [6, 6.07) is 6.84. The van der Waals surface area contributed by atoms with Gasteiger partial charge in [0.2, 0.25) is 0 Å². The van der Waals surface area contributed by atoms with Crippen molar-refractivity contribution < 1.29 is 0 Å². The quantitative estimate of drug-likeness (QED) is 0.667. The summed E-state index contributed by atoms with van der Waals surface area (Å²) in [5.41, 5.74) is 10.7. The third-order valence-corrected chi connectivity index (χ3v) is 3.13. The average molecular weight is 189 g/mol. The van der Waals surface area contributed by atoms with Crippen molar-refractivity contribution in [3.05, 3.63) is 34.9 Å². The van der Waals surface area contributed by atoms with Gasteiger partial charge in [-0.3, -0.25) is 0 Å². The van der Waals surface area contributed by atoms with Crippen molar-refractivity contribution in [2.24, 2.45) is 5.73 Å². The fourth-order valence-corrected chi connectivity index (χ4v) is 2.39. The van der Waals surface area contributed by atoms with Gasteiger partial charge >= 0.3 is 0 Å². The molecule has 0 fully saturated rings. The van der Waals surface area contributed by atoms with E-state index >= 15 is 0 Å². The first-order valence-corrected chi connectivity index (χ1v) is 5.38. The molecule has 0 amide bonds. The Hall–Kier alpha value is -0.820. The van der Waals surface area contributed by atoms with Crippen LogP contribution in [0.4, 0.5) is 0 Å². The first-order chi connectivity index (χ1) is 6.50. The van der Waals surface area contributed by atoms with E-state index in [9.17, 15) is 0 Å². The highest BCUT2D eigenvalue weighted by atomic mass is 14.6. The Morgan fingerprint density at radius 1 is 1.29 bits per heavy atom. The number of hydrogen-bond acceptors (Lipinski definition) is 1. The maximum Gasteiger partial charge on any atom is 0.0300 e. The minimum absolute atomic E-state index is 0.245. The zero-order chi connectivity index (χ0) is 10.3. The van der Waals surface area contributed by atoms with Gasteiger partial charge in [0.1, 0.15) is 0 Å². The number of nitrogens with two attached hydrogens (primary N) is 1. The van der Waals surface area contributed by atoms with Crippen molar-refractivity contribution in [2.75, 3.05) is 0 Å². The molecule has 1 aromatic carbocycles. The van der Waals surface area contributed by atoms with Gasteiger partial charge in [0.15, 0.2) is 0 Å². The van der Waals surface area contributed by atoms with Gasteiger partial charge in [-0.2, -0.15) is 0 Å². The molecule has 0 saturated carbocycles. The predicted molar refractivity (Wildman–Crippen MR) is 60.4 cm³/mol. The third kappa shape index (κ3) is 1.46. The molecule has 0 aliphatic heterocycles. The molecule has 0 spiro atoms. The van der Waals surface area contributed by atoms with Gasteiger partial charge in [0.05, 0.1) is 0 Å². The molecule has 1 aromatic rings. The van der Waals surface area contributed by atoms with E-state index in [0.29, 0.717) is 0 Å². The van der Waals surface area contributed by atoms with Crippen LogP contribution in [0, 0.1) is 0 Å². The molecule has 1 aliphatic carbocycles. The second kappa shape index (κ2) is 3.09. The fraction of sp³-hybridized carbons (Fsp3) is 0.538. The van der Waals surface area contributed by atoms with Crippen molar-refractivity contribution in [3.63, 3.8) is 0 Å². The maximum absolute atomic E-state index is 6.06. The molecule has 1 atom stereocenters. The van der Waals surface area contributed by atoms with Crippen LogP contribution in [-0.4, -0.2) is 0 Å². The number of rotatable bonds is 0. The van der Waals surface area contributed by atoms with Gasteiger partial charge in [0, 0.05) is 6.04 Å². The SMILES string of the molecule is CC(C)(C)c1cccc2c1CC[C@@H]2N. The lowest BCUT2D eigenvalue weighted by Gasteiger charge is -2.22. The molecule has 76 valence electrons. The summed E-state index contributed by atoms with van der Waals surface area (Å²) >= 11 is 0. The number of benzene rings is 1. The van der Waals surface area contributed by atoms with Crippen LogP contribution in [-0.2, 0) is 11.8 Å². The highest BCUT2D eigenvalue weighted by Crippen LogP contribution is 2.36. The van der Waals surface area contributed by atoms with Crippen molar-refractivity contribution in [1.82, 2.24) is 0 Å². The topological polar surface area (TPSA) is 26.0 Å². The van der Waals surface area contributed by atoms with Gasteiger partial charge in [-0.15, -0.1) is 0 Å². The zero-order valence-corrected chi connectivity index (χ0v) is 9.30. The molecule has 0 unspecified atom stereocenters. The number of fused-ring (bicyclic) bond motifs is 1. The van der Waals surface area contributed by atoms with E-state index in [0.717, 1.165) is 12.8 Å². The average Bonchev–Trinajstić information content (AvgIpc) is 2.46. The van der Waals surface area contributed by atoms with E-state index < -0.39 is 0 Å². The monoisotopic (exact) mass is 189 g/mol. The standard InChI is InChI=1S/C13H19N/c1-13(2,3)11-6-4-5-10-9(11)7-8-12(10)14/h4-6,12H,7-8,14H2,1-3H3/t12-/m0/s1. The van der Waals surface area contributed by atoms with E-state index in [-0.39, 0.29) is 11.5 Å². The van der Waals surface area contributed by atoms with Gasteiger partial charge < -0.3 is 5.73 Å². The predicted octanol–water partition coefficient (Wildman–Crippen LogP) is 2.93. The smallest absolute Gasteiger partial charge is 0.0300 e. The zero-order valence-electron chi connectivity index (χ0n) is 9.30. The Bertz CT molecular complexity index is 347. The van der Waals surface area contributed by atoms with Crippen LogP contribution >= 0.6 is 0 Å². The summed E-state index contributed by atoms with van der Waals surface area (Å²) in [7, 11) is 0. The first-order valence-electron chi connectivity index (χ1n) is 5.38. The Balaban J connectivity index is 2.55. The molecule has 0 saturated heterocycles. The largest absolute Gasteiger partial charge is 0.324 e. The van der Waals surface area contributed by atoms with Crippen LogP contribution in [0.3, 0.4) is 0 Å². The molecule has 1 heteroatoms. The van der Waals surface area contributed by atoms with Crippen LogP contribution in [0.25, 0.3) is 0 Å². The highest BCUT2D eigenvalue weighted by molar-refractivity contribution is 5.43. The summed E-state index contributed by atoms with van der Waals surface area (Å²) in [6.07, 6.45) is 2.27. The van der Waals surface area contributed by atoms with Crippen LogP contribution in [0.2, 0.25) is 0 Å². The van der Waals surface area contributed by atoms with E-state index in [1.54, 1.807) is 0 Å². The summed E-state index contributed by atoms with van der Waals surface area (Å²) < 4.78 is 0. The van der Waals surface area contributed by atoms with Crippen molar-refractivity contribution in [2.45, 2.75) is 45.1 Å². The molecule has 1 nitrogen and oxygen atoms in total. The van der Waals surface area contributed by atoms with Crippen LogP contribution in [0.1, 0.15) is 49.9 Å². The van der Waals surface area contributed by atoms with Crippen LogP contribution in [0.5, 0.6) is 0 Å². The normalized spacial score (nSPS) is 21.0. The Morgan fingerprint density at radius 3 is 2.64 bits per heavy atom. The second-order valence-corrected chi connectivity index (χ2v) is 5.27. The van der Waals surface area contributed by atoms with Gasteiger partial charge in [0.25, 0.3) is 0 Å². The van der Waals surface area contributed by atoms with E-state index in [1.807, 2.05) is 0 Å². The number of hydrogen-bond donors (Lipinski definition) is 1. The Labute approximate surface area is 86.3 Å². The molecule has 0 bridgehead atoms. The molecule has 1 aliphatic rings. The third-order valence-electron chi connectivity index (χ3n) is 3.13. The Kier molecular flexibility index (Phi) is 2.15. The molecule has 0 radical (unpaired) electrons. The molecular weight excluding hydrogens is 170 g/mol. The van der Waals surface area contributed by atoms with Gasteiger partial charge in [-0.1, -0.05) is 39.0 Å². The van der Waals surface area contributed by atoms with Crippen molar-refractivity contribution in [3.8, 4) is 0 Å². The lowest BCUT2D eigenvalue weighted by Crippen LogP contribution is -2.14. The van der Waals surface area contributed by atoms with Crippen molar-refractivity contribution in [1.29, 1.82) is 0 Å². The summed E-state index contributed by atoms with van der Waals surface area (Å²) in [6.45, 7) is 6.81. The second-order valence-electron chi connectivity index (χ2n) is 5.27. The lowest BCUT2D eigenvalue weighted by atomic mass is 9.82. The van der Waals surface area contributed by atoms with E-state index in [1.165, 1.54) is 16.7 Å². The summed E-state index contributed by atoms with van der Waals surface area (Å²) in [5.74, 6) is 0. The molecule has 0 aromatic heterocycles. The lowest BCUT2D eigenvalue weighted by molar-refractivity contribution is 0.583. The van der Waals surface area contributed by atoms with Crippen molar-refractivity contribution >= 4 is 0 Å². The highest BCUT2D eigenvalue weighted by Gasteiger charge is 2.25. The van der Waals surface area contributed by atoms with Gasteiger partial charge in [-0.25, -0.2) is 0 Å². The first kappa shape index (κ1) is 9.72. The fourth-order valence-electron chi connectivity index (χ4n) is 2.39. The summed E-state index contributed by atoms with van der Waals surface area (Å²) in [4.78, 5) is 0. The maximum atomic E-state index is 6.06. The van der Waals surface area contributed by atoms with E-state index in [4.69, 9.17) is 5.73 Å². The minimum atomic E-state index is 0.245. The minimum Gasteiger partial charge on any atom is -0.324 e. The molecule has 2 rings (SSSR count). The summed E-state index contributed by atoms with van der Waals surface area (Å²) in [5, 5.41) is 0. The van der Waals surface area contributed by atoms with E-state index in [2.05, 4.69) is 39.0 Å². The molecular formula is C13H19N. The molecule has 0 heterocycles. The van der Waals surface area contributed by atoms with Gasteiger partial charge in [-0.05, 0) is 34.9 Å². The molecule has 2 N–H and O–H groups in total.